The highest BCUT2D eigenvalue weighted by molar-refractivity contribution is 4.88. The number of rotatable bonds is 4. The lowest BCUT2D eigenvalue weighted by Gasteiger charge is -2.44. The molecule has 0 aromatic rings. The van der Waals surface area contributed by atoms with Crippen LogP contribution in [0.2, 0.25) is 0 Å². The lowest BCUT2D eigenvalue weighted by molar-refractivity contribution is 0.0412. The molecule has 0 aliphatic carbocycles. The summed E-state index contributed by atoms with van der Waals surface area (Å²) in [5, 5.41) is 12.6. The van der Waals surface area contributed by atoms with Crippen LogP contribution in [0.4, 0.5) is 0 Å². The number of hydrogen-bond donors (Lipinski definition) is 2. The van der Waals surface area contributed by atoms with E-state index < -0.39 is 0 Å². The summed E-state index contributed by atoms with van der Waals surface area (Å²) in [6.07, 6.45) is 0. The molecule has 1 aliphatic heterocycles. The molecule has 0 amide bonds. The van der Waals surface area contributed by atoms with E-state index in [9.17, 15) is 5.11 Å². The predicted octanol–water partition coefficient (Wildman–Crippen LogP) is 0.373. The van der Waals surface area contributed by atoms with Crippen molar-refractivity contribution in [3.8, 4) is 0 Å². The third kappa shape index (κ3) is 4.21. The van der Waals surface area contributed by atoms with E-state index in [1.54, 1.807) is 0 Å². The Morgan fingerprint density at radius 3 is 1.94 bits per heavy atom. The van der Waals surface area contributed by atoms with E-state index in [0.717, 1.165) is 32.7 Å². The summed E-state index contributed by atoms with van der Waals surface area (Å²) in [5.41, 5.74) is 0.0965. The number of piperazine rings is 1. The monoisotopic (exact) mass is 243 g/mol. The van der Waals surface area contributed by atoms with Crippen molar-refractivity contribution in [2.75, 3.05) is 46.4 Å². The lowest BCUT2D eigenvalue weighted by Crippen LogP contribution is -2.59. The molecule has 4 heteroatoms. The summed E-state index contributed by atoms with van der Waals surface area (Å²) in [5.74, 6) is 0. The maximum Gasteiger partial charge on any atom is 0.0623 e. The predicted molar refractivity (Wildman–Crippen MR) is 72.3 cm³/mol. The number of likely N-dealkylation sites (N-methyl/N-ethyl adjacent to an activating group) is 1. The van der Waals surface area contributed by atoms with Crippen LogP contribution in [0.3, 0.4) is 0 Å². The van der Waals surface area contributed by atoms with E-state index in [1.807, 2.05) is 7.05 Å². The molecule has 2 N–H and O–H groups in total. The zero-order valence-electron chi connectivity index (χ0n) is 12.1. The fourth-order valence-electron chi connectivity index (χ4n) is 2.28. The van der Waals surface area contributed by atoms with Gasteiger partial charge in [-0.05, 0) is 34.7 Å². The Balaban J connectivity index is 2.42. The van der Waals surface area contributed by atoms with Gasteiger partial charge in [-0.2, -0.15) is 0 Å². The molecule has 17 heavy (non-hydrogen) atoms. The molecule has 0 aromatic carbocycles. The minimum Gasteiger partial charge on any atom is -0.394 e. The second-order valence-corrected chi connectivity index (χ2v) is 6.40. The van der Waals surface area contributed by atoms with Crippen LogP contribution in [0.5, 0.6) is 0 Å². The highest BCUT2D eigenvalue weighted by atomic mass is 16.3. The number of nitrogens with one attached hydrogen (secondary N) is 1. The minimum atomic E-state index is -0.177. The summed E-state index contributed by atoms with van der Waals surface area (Å²) in [7, 11) is 1.92. The van der Waals surface area contributed by atoms with E-state index in [-0.39, 0.29) is 17.7 Å². The van der Waals surface area contributed by atoms with E-state index in [1.165, 1.54) is 0 Å². The Morgan fingerprint density at radius 1 is 1.06 bits per heavy atom. The SMILES string of the molecule is CNC(C)(CO)CN1CCN(C(C)(C)C)CC1. The second kappa shape index (κ2) is 5.65. The highest BCUT2D eigenvalue weighted by Gasteiger charge is 2.29. The molecule has 0 saturated carbocycles. The topological polar surface area (TPSA) is 38.7 Å². The molecule has 1 fully saturated rings. The quantitative estimate of drug-likeness (QED) is 0.748. The van der Waals surface area contributed by atoms with Gasteiger partial charge < -0.3 is 10.4 Å². The van der Waals surface area contributed by atoms with Gasteiger partial charge in [-0.3, -0.25) is 9.80 Å². The van der Waals surface area contributed by atoms with E-state index in [4.69, 9.17) is 0 Å². The number of aliphatic hydroxyl groups is 1. The van der Waals surface area contributed by atoms with Gasteiger partial charge in [0.1, 0.15) is 0 Å². The molecule has 1 unspecified atom stereocenters. The fraction of sp³-hybridized carbons (Fsp3) is 1.00. The molecule has 1 aliphatic rings. The first-order valence-corrected chi connectivity index (χ1v) is 6.58. The van der Waals surface area contributed by atoms with Crippen molar-refractivity contribution in [2.24, 2.45) is 0 Å². The summed E-state index contributed by atoms with van der Waals surface area (Å²) in [4.78, 5) is 4.97. The minimum absolute atomic E-state index is 0.177. The van der Waals surface area contributed by atoms with Gasteiger partial charge in [0, 0.05) is 38.3 Å². The molecule has 0 aromatic heterocycles. The van der Waals surface area contributed by atoms with Crippen LogP contribution in [0.1, 0.15) is 27.7 Å². The normalized spacial score (nSPS) is 23.6. The van der Waals surface area contributed by atoms with E-state index in [0.29, 0.717) is 0 Å². The zero-order valence-corrected chi connectivity index (χ0v) is 12.1. The van der Waals surface area contributed by atoms with E-state index >= 15 is 0 Å². The third-order valence-corrected chi connectivity index (χ3v) is 3.85. The molecular weight excluding hydrogens is 214 g/mol. The van der Waals surface area contributed by atoms with Crippen molar-refractivity contribution in [1.29, 1.82) is 0 Å². The average Bonchev–Trinajstić information content (AvgIpc) is 2.28. The van der Waals surface area contributed by atoms with Crippen molar-refractivity contribution >= 4 is 0 Å². The maximum atomic E-state index is 9.40. The molecule has 1 atom stereocenters. The smallest absolute Gasteiger partial charge is 0.0623 e. The van der Waals surface area contributed by atoms with Crippen molar-refractivity contribution < 1.29 is 5.11 Å². The summed E-state index contributed by atoms with van der Waals surface area (Å²) < 4.78 is 0. The Hall–Kier alpha value is -0.160. The maximum absolute atomic E-state index is 9.40. The van der Waals surface area contributed by atoms with Crippen molar-refractivity contribution in [3.63, 3.8) is 0 Å². The largest absolute Gasteiger partial charge is 0.394 e. The molecule has 0 radical (unpaired) electrons. The molecule has 102 valence electrons. The molecular formula is C13H29N3O. The lowest BCUT2D eigenvalue weighted by atomic mass is 10.0. The Labute approximate surface area is 106 Å². The van der Waals surface area contributed by atoms with Crippen molar-refractivity contribution in [1.82, 2.24) is 15.1 Å². The van der Waals surface area contributed by atoms with Crippen molar-refractivity contribution in [3.05, 3.63) is 0 Å². The summed E-state index contributed by atoms with van der Waals surface area (Å²) in [6, 6.07) is 0. The van der Waals surface area contributed by atoms with Gasteiger partial charge >= 0.3 is 0 Å². The van der Waals surface area contributed by atoms with Gasteiger partial charge in [0.25, 0.3) is 0 Å². The van der Waals surface area contributed by atoms with Crippen LogP contribution in [0, 0.1) is 0 Å². The molecule has 0 bridgehead atoms. The zero-order chi connectivity index (χ0) is 13.1. The van der Waals surface area contributed by atoms with Gasteiger partial charge in [0.05, 0.1) is 12.1 Å². The van der Waals surface area contributed by atoms with Crippen LogP contribution in [-0.2, 0) is 0 Å². The first-order chi connectivity index (χ1) is 7.80. The number of hydrogen-bond acceptors (Lipinski definition) is 4. The van der Waals surface area contributed by atoms with Crippen LogP contribution in [-0.4, -0.2) is 72.4 Å². The Morgan fingerprint density at radius 2 is 1.59 bits per heavy atom. The summed E-state index contributed by atoms with van der Waals surface area (Å²) >= 11 is 0. The molecule has 1 rings (SSSR count). The first-order valence-electron chi connectivity index (χ1n) is 6.58. The Kier molecular flexibility index (Phi) is 4.95. The molecule has 1 heterocycles. The standard InChI is InChI=1S/C13H29N3O/c1-12(2,3)16-8-6-15(7-9-16)10-13(4,11-17)14-5/h14,17H,6-11H2,1-5H3. The Bertz CT molecular complexity index is 225. The summed E-state index contributed by atoms with van der Waals surface area (Å²) in [6.45, 7) is 14.4. The van der Waals surface area contributed by atoms with Gasteiger partial charge in [0.2, 0.25) is 0 Å². The van der Waals surface area contributed by atoms with Crippen LogP contribution in [0.15, 0.2) is 0 Å². The van der Waals surface area contributed by atoms with Crippen LogP contribution in [0.25, 0.3) is 0 Å². The van der Waals surface area contributed by atoms with Crippen LogP contribution >= 0.6 is 0 Å². The van der Waals surface area contributed by atoms with E-state index in [2.05, 4.69) is 42.8 Å². The average molecular weight is 243 g/mol. The number of aliphatic hydroxyl groups excluding tert-OH is 1. The molecule has 1 saturated heterocycles. The second-order valence-electron chi connectivity index (χ2n) is 6.40. The van der Waals surface area contributed by atoms with Gasteiger partial charge in [-0.1, -0.05) is 0 Å². The number of nitrogens with zero attached hydrogens (tertiary/aromatic N) is 2. The van der Waals surface area contributed by atoms with Gasteiger partial charge in [-0.25, -0.2) is 0 Å². The van der Waals surface area contributed by atoms with Gasteiger partial charge in [0.15, 0.2) is 0 Å². The first kappa shape index (κ1) is 14.9. The fourth-order valence-corrected chi connectivity index (χ4v) is 2.28. The molecule has 0 spiro atoms. The van der Waals surface area contributed by atoms with Crippen LogP contribution < -0.4 is 5.32 Å². The molecule has 4 nitrogen and oxygen atoms in total. The van der Waals surface area contributed by atoms with Crippen molar-refractivity contribution in [2.45, 2.75) is 38.8 Å². The highest BCUT2D eigenvalue weighted by Crippen LogP contribution is 2.17. The third-order valence-electron chi connectivity index (χ3n) is 3.85. The van der Waals surface area contributed by atoms with Gasteiger partial charge in [-0.15, -0.1) is 0 Å².